The molecule has 2 aliphatic rings. The number of hydrogen-bond acceptors (Lipinski definition) is 4. The molecule has 126 valence electrons. The van der Waals surface area contributed by atoms with Gasteiger partial charge in [-0.05, 0) is 37.5 Å². The van der Waals surface area contributed by atoms with Crippen molar-refractivity contribution in [2.24, 2.45) is 0 Å². The molecule has 0 spiro atoms. The number of benzene rings is 1. The van der Waals surface area contributed by atoms with Crippen LogP contribution in [0.5, 0.6) is 0 Å². The van der Waals surface area contributed by atoms with Crippen molar-refractivity contribution in [3.63, 3.8) is 0 Å². The number of nitrogens with zero attached hydrogens (tertiary/aromatic N) is 2. The first kappa shape index (κ1) is 16.4. The fraction of sp³-hybridized carbons (Fsp3) is 0.562. The standard InChI is InChI=1S/C16H23N3O3S/c1-12-11-17-7-9-19(12)23(21,22)15-6-5-14-4-3-8-18(13(2)20)16(14)10-15/h5-6,10,12,17H,3-4,7-9,11H2,1-2H3/t12-/m0/s1. The molecular weight excluding hydrogens is 314 g/mol. The average Bonchev–Trinajstić information content (AvgIpc) is 2.53. The van der Waals surface area contributed by atoms with Gasteiger partial charge >= 0.3 is 0 Å². The Labute approximate surface area is 137 Å². The normalized spacial score (nSPS) is 22.7. The number of amides is 1. The van der Waals surface area contributed by atoms with Gasteiger partial charge in [-0.15, -0.1) is 0 Å². The Kier molecular flexibility index (Phi) is 4.44. The molecule has 2 heterocycles. The molecule has 6 nitrogen and oxygen atoms in total. The van der Waals surface area contributed by atoms with Crippen molar-refractivity contribution in [3.8, 4) is 0 Å². The Morgan fingerprint density at radius 3 is 2.78 bits per heavy atom. The maximum Gasteiger partial charge on any atom is 0.243 e. The third-order valence-corrected chi connectivity index (χ3v) is 6.61. The number of rotatable bonds is 2. The van der Waals surface area contributed by atoms with Gasteiger partial charge in [-0.2, -0.15) is 4.31 Å². The Morgan fingerprint density at radius 1 is 1.30 bits per heavy atom. The predicted octanol–water partition coefficient (Wildman–Crippen LogP) is 0.968. The summed E-state index contributed by atoms with van der Waals surface area (Å²) in [6.45, 7) is 5.86. The fourth-order valence-electron chi connectivity index (χ4n) is 3.36. The minimum Gasteiger partial charge on any atom is -0.314 e. The van der Waals surface area contributed by atoms with Crippen molar-refractivity contribution in [2.45, 2.75) is 37.6 Å². The number of anilines is 1. The highest BCUT2D eigenvalue weighted by Gasteiger charge is 2.32. The zero-order chi connectivity index (χ0) is 16.6. The van der Waals surface area contributed by atoms with Crippen LogP contribution in [0.3, 0.4) is 0 Å². The molecule has 0 radical (unpaired) electrons. The van der Waals surface area contributed by atoms with E-state index in [0.29, 0.717) is 26.2 Å². The van der Waals surface area contributed by atoms with Gasteiger partial charge < -0.3 is 10.2 Å². The van der Waals surface area contributed by atoms with Crippen LogP contribution < -0.4 is 10.2 Å². The van der Waals surface area contributed by atoms with Gasteiger partial charge in [0.15, 0.2) is 0 Å². The lowest BCUT2D eigenvalue weighted by molar-refractivity contribution is -0.116. The highest BCUT2D eigenvalue weighted by atomic mass is 32.2. The molecule has 2 aliphatic heterocycles. The zero-order valence-corrected chi connectivity index (χ0v) is 14.4. The lowest BCUT2D eigenvalue weighted by atomic mass is 10.0. The van der Waals surface area contributed by atoms with Crippen LogP contribution in [0.4, 0.5) is 5.69 Å². The monoisotopic (exact) mass is 337 g/mol. The Morgan fingerprint density at radius 2 is 2.09 bits per heavy atom. The van der Waals surface area contributed by atoms with E-state index in [0.717, 1.165) is 24.1 Å². The van der Waals surface area contributed by atoms with Gasteiger partial charge in [-0.3, -0.25) is 4.79 Å². The van der Waals surface area contributed by atoms with Gasteiger partial charge in [0.05, 0.1) is 4.90 Å². The van der Waals surface area contributed by atoms with Crippen molar-refractivity contribution >= 4 is 21.6 Å². The van der Waals surface area contributed by atoms with Crippen molar-refractivity contribution in [3.05, 3.63) is 23.8 Å². The van der Waals surface area contributed by atoms with Crippen LogP contribution in [-0.4, -0.2) is 50.9 Å². The Balaban J connectivity index is 2.00. The summed E-state index contributed by atoms with van der Waals surface area (Å²) in [6.07, 6.45) is 1.79. The number of nitrogens with one attached hydrogen (secondary N) is 1. The van der Waals surface area contributed by atoms with E-state index in [2.05, 4.69) is 5.32 Å². The summed E-state index contributed by atoms with van der Waals surface area (Å²) in [6, 6.07) is 5.12. The molecule has 1 amide bonds. The van der Waals surface area contributed by atoms with Crippen LogP contribution in [0, 0.1) is 0 Å². The summed E-state index contributed by atoms with van der Waals surface area (Å²) in [7, 11) is -3.54. The van der Waals surface area contributed by atoms with Crippen molar-refractivity contribution in [1.29, 1.82) is 0 Å². The highest BCUT2D eigenvalue weighted by molar-refractivity contribution is 7.89. The molecular formula is C16H23N3O3S. The summed E-state index contributed by atoms with van der Waals surface area (Å²) >= 11 is 0. The second kappa shape index (κ2) is 6.22. The number of carbonyl (C=O) groups is 1. The lowest BCUT2D eigenvalue weighted by Gasteiger charge is -2.34. The topological polar surface area (TPSA) is 69.7 Å². The molecule has 1 fully saturated rings. The number of sulfonamides is 1. The van der Waals surface area contributed by atoms with Crippen LogP contribution in [-0.2, 0) is 21.2 Å². The molecule has 0 bridgehead atoms. The average molecular weight is 337 g/mol. The van der Waals surface area contributed by atoms with Crippen molar-refractivity contribution in [2.75, 3.05) is 31.1 Å². The summed E-state index contributed by atoms with van der Waals surface area (Å²) in [5, 5.41) is 3.20. The quantitative estimate of drug-likeness (QED) is 0.873. The second-order valence-electron chi connectivity index (χ2n) is 6.23. The summed E-state index contributed by atoms with van der Waals surface area (Å²) < 4.78 is 27.5. The third kappa shape index (κ3) is 3.00. The summed E-state index contributed by atoms with van der Waals surface area (Å²) in [5.41, 5.74) is 1.78. The number of hydrogen-bond donors (Lipinski definition) is 1. The molecule has 0 unspecified atom stereocenters. The Hall–Kier alpha value is -1.44. The van der Waals surface area contributed by atoms with E-state index < -0.39 is 10.0 Å². The maximum atomic E-state index is 13.0. The van der Waals surface area contributed by atoms with Crippen LogP contribution >= 0.6 is 0 Å². The molecule has 23 heavy (non-hydrogen) atoms. The van der Waals surface area contributed by atoms with Gasteiger partial charge in [-0.25, -0.2) is 8.42 Å². The number of carbonyl (C=O) groups excluding carboxylic acids is 1. The van der Waals surface area contributed by atoms with Gasteiger partial charge in [0.25, 0.3) is 0 Å². The van der Waals surface area contributed by atoms with Crippen LogP contribution in [0.1, 0.15) is 25.8 Å². The van der Waals surface area contributed by atoms with E-state index in [-0.39, 0.29) is 16.8 Å². The molecule has 0 aromatic heterocycles. The summed E-state index contributed by atoms with van der Waals surface area (Å²) in [4.78, 5) is 13.8. The summed E-state index contributed by atoms with van der Waals surface area (Å²) in [5.74, 6) is -0.0453. The molecule has 1 aromatic carbocycles. The minimum absolute atomic E-state index is 0.0453. The molecule has 1 saturated heterocycles. The van der Waals surface area contributed by atoms with E-state index >= 15 is 0 Å². The van der Waals surface area contributed by atoms with E-state index in [4.69, 9.17) is 0 Å². The molecule has 3 rings (SSSR count). The van der Waals surface area contributed by atoms with E-state index in [1.54, 1.807) is 21.3 Å². The minimum atomic E-state index is -3.54. The highest BCUT2D eigenvalue weighted by Crippen LogP contribution is 2.31. The lowest BCUT2D eigenvalue weighted by Crippen LogP contribution is -2.52. The van der Waals surface area contributed by atoms with Crippen LogP contribution in [0.15, 0.2) is 23.1 Å². The smallest absolute Gasteiger partial charge is 0.243 e. The number of aryl methyl sites for hydroxylation is 1. The van der Waals surface area contributed by atoms with Crippen LogP contribution in [0.25, 0.3) is 0 Å². The predicted molar refractivity (Wildman–Crippen MR) is 89.0 cm³/mol. The van der Waals surface area contributed by atoms with Crippen molar-refractivity contribution < 1.29 is 13.2 Å². The first-order chi connectivity index (χ1) is 10.9. The molecule has 0 saturated carbocycles. The first-order valence-electron chi connectivity index (χ1n) is 8.05. The van der Waals surface area contributed by atoms with E-state index in [1.165, 1.54) is 6.92 Å². The molecule has 0 aliphatic carbocycles. The van der Waals surface area contributed by atoms with E-state index in [1.807, 2.05) is 13.0 Å². The Bertz CT molecular complexity index is 717. The largest absolute Gasteiger partial charge is 0.314 e. The third-order valence-electron chi connectivity index (χ3n) is 4.60. The molecule has 1 atom stereocenters. The number of piperazine rings is 1. The molecule has 1 aromatic rings. The molecule has 1 N–H and O–H groups in total. The SMILES string of the molecule is CC(=O)N1CCCc2ccc(S(=O)(=O)N3CCNC[C@@H]3C)cc21. The fourth-order valence-corrected chi connectivity index (χ4v) is 5.01. The van der Waals surface area contributed by atoms with Gasteiger partial charge in [0.2, 0.25) is 15.9 Å². The molecule has 7 heteroatoms. The van der Waals surface area contributed by atoms with Gasteiger partial charge in [0.1, 0.15) is 0 Å². The maximum absolute atomic E-state index is 13.0. The van der Waals surface area contributed by atoms with Gasteiger partial charge in [0, 0.05) is 44.8 Å². The second-order valence-corrected chi connectivity index (χ2v) is 8.12. The van der Waals surface area contributed by atoms with Gasteiger partial charge in [-0.1, -0.05) is 6.07 Å². The number of fused-ring (bicyclic) bond motifs is 1. The van der Waals surface area contributed by atoms with E-state index in [9.17, 15) is 13.2 Å². The van der Waals surface area contributed by atoms with Crippen molar-refractivity contribution in [1.82, 2.24) is 9.62 Å². The van der Waals surface area contributed by atoms with Crippen LogP contribution in [0.2, 0.25) is 0 Å². The first-order valence-corrected chi connectivity index (χ1v) is 9.49. The zero-order valence-electron chi connectivity index (χ0n) is 13.6.